The molecule has 3 N–H and O–H groups in total. The molecule has 204 valence electrons. The molecule has 0 saturated carbocycles. The Morgan fingerprint density at radius 2 is 1.84 bits per heavy atom. The zero-order valence-electron chi connectivity index (χ0n) is 21.2. The Kier molecular flexibility index (Phi) is 9.32. The summed E-state index contributed by atoms with van der Waals surface area (Å²) in [6.45, 7) is 4.26. The molecule has 0 radical (unpaired) electrons. The van der Waals surface area contributed by atoms with E-state index in [4.69, 9.17) is 18.5 Å². The third-order valence-corrected chi connectivity index (χ3v) is 7.81. The number of aliphatic hydroxyl groups is 1. The monoisotopic (exact) mass is 545 g/mol. The number of aromatic amines is 1. The number of benzene rings is 2. The van der Waals surface area contributed by atoms with Crippen LogP contribution in [0.4, 0.5) is 0 Å². The zero-order valence-corrected chi connectivity index (χ0v) is 22.1. The maximum Gasteiger partial charge on any atom is 0.458 e. The van der Waals surface area contributed by atoms with Gasteiger partial charge in [0.1, 0.15) is 18.1 Å². The smallest absolute Gasteiger partial charge is 0.413 e. The van der Waals surface area contributed by atoms with Crippen molar-refractivity contribution in [3.05, 3.63) is 98.8 Å². The van der Waals surface area contributed by atoms with Gasteiger partial charge in [0.05, 0.1) is 25.9 Å². The van der Waals surface area contributed by atoms with Gasteiger partial charge in [0.2, 0.25) is 0 Å². The summed E-state index contributed by atoms with van der Waals surface area (Å²) in [5.41, 5.74) is 0.984. The normalized spacial score (nSPS) is 22.7. The molecular formula is C26H32N3O8P. The van der Waals surface area contributed by atoms with Crippen molar-refractivity contribution in [3.8, 4) is 5.75 Å². The number of ether oxygens (including phenoxy) is 2. The first-order chi connectivity index (χ1) is 18.3. The van der Waals surface area contributed by atoms with Gasteiger partial charge in [-0.15, -0.1) is 0 Å². The standard InChI is InChI=1S/C26H32N3O8P/c1-18-8-6-7-9-20(18)16-34-15-13-27-38(33,37-21-10-4-3-5-11-21)35-17-22-24(31)19(2)25(36-22)29-14-12-23(30)28-26(29)32/h3-12,14,19,22,24-25,31H,13,15-17H2,1-2H3,(H,27,33)(H,28,30,32)/t19-,22+,24-,25+,38?/m0/s1. The van der Waals surface area contributed by atoms with Crippen molar-refractivity contribution in [2.24, 2.45) is 5.92 Å². The van der Waals surface area contributed by atoms with Crippen LogP contribution in [0.15, 0.2) is 76.4 Å². The first-order valence-electron chi connectivity index (χ1n) is 12.3. The topological polar surface area (TPSA) is 141 Å². The Morgan fingerprint density at radius 1 is 1.11 bits per heavy atom. The molecule has 2 aromatic carbocycles. The van der Waals surface area contributed by atoms with E-state index in [1.54, 1.807) is 37.3 Å². The molecule has 11 nitrogen and oxygen atoms in total. The Morgan fingerprint density at radius 3 is 2.58 bits per heavy atom. The molecule has 0 amide bonds. The van der Waals surface area contributed by atoms with Crippen LogP contribution in [0.5, 0.6) is 5.75 Å². The number of H-pyrrole nitrogens is 1. The molecule has 5 atom stereocenters. The maximum absolute atomic E-state index is 13.6. The van der Waals surface area contributed by atoms with Crippen LogP contribution >= 0.6 is 7.75 Å². The van der Waals surface area contributed by atoms with Crippen molar-refractivity contribution in [3.63, 3.8) is 0 Å². The molecule has 3 aromatic rings. The Balaban J connectivity index is 1.38. The van der Waals surface area contributed by atoms with Gasteiger partial charge in [0, 0.05) is 24.7 Å². The fourth-order valence-electron chi connectivity index (χ4n) is 4.08. The summed E-state index contributed by atoms with van der Waals surface area (Å²) in [7, 11) is -3.91. The van der Waals surface area contributed by atoms with Gasteiger partial charge in [-0.3, -0.25) is 18.9 Å². The van der Waals surface area contributed by atoms with Gasteiger partial charge in [-0.1, -0.05) is 49.4 Å². The number of aryl methyl sites for hydroxylation is 1. The van der Waals surface area contributed by atoms with Crippen molar-refractivity contribution in [1.82, 2.24) is 14.6 Å². The first kappa shape index (κ1) is 28.0. The zero-order chi connectivity index (χ0) is 27.1. The predicted octanol–water partition coefficient (Wildman–Crippen LogP) is 2.75. The summed E-state index contributed by atoms with van der Waals surface area (Å²) < 4.78 is 37.8. The molecular weight excluding hydrogens is 513 g/mol. The molecule has 38 heavy (non-hydrogen) atoms. The maximum atomic E-state index is 13.6. The van der Waals surface area contributed by atoms with Gasteiger partial charge in [0.25, 0.3) is 5.56 Å². The molecule has 1 saturated heterocycles. The van der Waals surface area contributed by atoms with Crippen LogP contribution < -0.4 is 20.9 Å². The number of aliphatic hydroxyl groups excluding tert-OH is 1. The van der Waals surface area contributed by atoms with E-state index in [1.165, 1.54) is 16.8 Å². The Bertz CT molecular complexity index is 1360. The molecule has 1 aliphatic rings. The Labute approximate surface area is 219 Å². The quantitative estimate of drug-likeness (QED) is 0.231. The summed E-state index contributed by atoms with van der Waals surface area (Å²) in [4.78, 5) is 25.8. The largest absolute Gasteiger partial charge is 0.458 e. The lowest BCUT2D eigenvalue weighted by Gasteiger charge is -2.22. The van der Waals surface area contributed by atoms with E-state index in [9.17, 15) is 19.3 Å². The summed E-state index contributed by atoms with van der Waals surface area (Å²) >= 11 is 0. The fraction of sp³-hybridized carbons (Fsp3) is 0.385. The van der Waals surface area contributed by atoms with Crippen LogP contribution in [0.25, 0.3) is 0 Å². The molecule has 0 aliphatic carbocycles. The Hall–Kier alpha value is -3.05. The van der Waals surface area contributed by atoms with Crippen molar-refractivity contribution < 1.29 is 28.2 Å². The van der Waals surface area contributed by atoms with Crippen molar-refractivity contribution in [2.45, 2.75) is 38.9 Å². The lowest BCUT2D eigenvalue weighted by Crippen LogP contribution is -2.33. The van der Waals surface area contributed by atoms with Crippen LogP contribution in [0.1, 0.15) is 24.3 Å². The first-order valence-corrected chi connectivity index (χ1v) is 13.8. The molecule has 0 spiro atoms. The van der Waals surface area contributed by atoms with Gasteiger partial charge in [-0.05, 0) is 30.2 Å². The third kappa shape index (κ3) is 7.08. The lowest BCUT2D eigenvalue weighted by molar-refractivity contribution is -0.0445. The minimum atomic E-state index is -3.91. The van der Waals surface area contributed by atoms with Crippen LogP contribution in [0.2, 0.25) is 0 Å². The van der Waals surface area contributed by atoms with E-state index in [1.807, 2.05) is 31.2 Å². The van der Waals surface area contributed by atoms with E-state index in [-0.39, 0.29) is 19.8 Å². The van der Waals surface area contributed by atoms with E-state index in [0.717, 1.165) is 11.1 Å². The van der Waals surface area contributed by atoms with E-state index in [2.05, 4.69) is 10.1 Å². The van der Waals surface area contributed by atoms with Crippen LogP contribution in [-0.4, -0.2) is 46.6 Å². The molecule has 4 rings (SSSR count). The highest BCUT2D eigenvalue weighted by Gasteiger charge is 2.43. The number of nitrogens with one attached hydrogen (secondary N) is 2. The molecule has 1 unspecified atom stereocenters. The second-order valence-corrected chi connectivity index (χ2v) is 10.8. The molecule has 0 bridgehead atoms. The van der Waals surface area contributed by atoms with Gasteiger partial charge in [0.15, 0.2) is 0 Å². The number of hydrogen-bond acceptors (Lipinski definition) is 8. The van der Waals surface area contributed by atoms with Crippen LogP contribution in [0, 0.1) is 12.8 Å². The SMILES string of the molecule is Cc1ccccc1COCCNP(=O)(OC[C@H]1O[C@@H](n2ccc(=O)[nH]c2=O)[C@@H](C)[C@@H]1O)Oc1ccccc1. The molecule has 2 heterocycles. The summed E-state index contributed by atoms with van der Waals surface area (Å²) in [6, 6.07) is 17.7. The minimum Gasteiger partial charge on any atom is -0.413 e. The molecule has 1 aromatic heterocycles. The second-order valence-electron chi connectivity index (χ2n) is 9.02. The highest BCUT2D eigenvalue weighted by atomic mass is 31.2. The molecule has 1 fully saturated rings. The van der Waals surface area contributed by atoms with Crippen LogP contribution in [0.3, 0.4) is 0 Å². The van der Waals surface area contributed by atoms with Crippen molar-refractivity contribution in [2.75, 3.05) is 19.8 Å². The number of para-hydroxylation sites is 1. The number of hydrogen-bond donors (Lipinski definition) is 3. The summed E-state index contributed by atoms with van der Waals surface area (Å²) in [5.74, 6) is -0.174. The lowest BCUT2D eigenvalue weighted by atomic mass is 10.0. The van der Waals surface area contributed by atoms with E-state index in [0.29, 0.717) is 12.4 Å². The van der Waals surface area contributed by atoms with Crippen molar-refractivity contribution in [1.29, 1.82) is 0 Å². The van der Waals surface area contributed by atoms with Gasteiger partial charge in [-0.25, -0.2) is 14.4 Å². The molecule has 1 aliphatic heterocycles. The molecule has 12 heteroatoms. The van der Waals surface area contributed by atoms with Crippen LogP contribution in [-0.2, 0) is 25.2 Å². The average Bonchev–Trinajstić information content (AvgIpc) is 3.17. The number of rotatable bonds is 12. The van der Waals surface area contributed by atoms with Gasteiger partial charge in [-0.2, -0.15) is 0 Å². The minimum absolute atomic E-state index is 0.176. The van der Waals surface area contributed by atoms with Gasteiger partial charge >= 0.3 is 13.4 Å². The van der Waals surface area contributed by atoms with E-state index >= 15 is 0 Å². The number of nitrogens with zero attached hydrogens (tertiary/aromatic N) is 1. The van der Waals surface area contributed by atoms with Gasteiger partial charge < -0.3 is 19.1 Å². The summed E-state index contributed by atoms with van der Waals surface area (Å²) in [6.07, 6.45) is -1.47. The second kappa shape index (κ2) is 12.7. The fourth-order valence-corrected chi connectivity index (χ4v) is 5.40. The third-order valence-electron chi connectivity index (χ3n) is 6.26. The highest BCUT2D eigenvalue weighted by Crippen LogP contribution is 2.45. The summed E-state index contributed by atoms with van der Waals surface area (Å²) in [5, 5.41) is 13.5. The highest BCUT2D eigenvalue weighted by molar-refractivity contribution is 7.52. The van der Waals surface area contributed by atoms with E-state index < -0.39 is 43.3 Å². The average molecular weight is 546 g/mol. The number of aromatic nitrogens is 2. The predicted molar refractivity (Wildman–Crippen MR) is 140 cm³/mol. The van der Waals surface area contributed by atoms with Crippen molar-refractivity contribution >= 4 is 7.75 Å².